The zero-order valence-corrected chi connectivity index (χ0v) is 7.43. The summed E-state index contributed by atoms with van der Waals surface area (Å²) < 4.78 is 0. The van der Waals surface area contributed by atoms with Gasteiger partial charge in [0.25, 0.3) is 0 Å². The first kappa shape index (κ1) is 10.5. The number of unbranched alkanes of at least 4 members (excludes halogenated alkanes) is 2. The van der Waals surface area contributed by atoms with Gasteiger partial charge in [-0.05, 0) is 12.3 Å². The van der Waals surface area contributed by atoms with Crippen LogP contribution in [0.3, 0.4) is 0 Å². The molecule has 0 N–H and O–H groups in total. The maximum absolute atomic E-state index is 9.99. The molecule has 0 aromatic carbocycles. The smallest absolute Gasteiger partial charge is 0.247 e. The van der Waals surface area contributed by atoms with E-state index in [0.717, 1.165) is 25.2 Å². The van der Waals surface area contributed by atoms with Crippen LogP contribution in [0.1, 0.15) is 46.0 Å². The van der Waals surface area contributed by atoms with E-state index in [1.165, 1.54) is 6.42 Å². The van der Waals surface area contributed by atoms with Gasteiger partial charge in [-0.25, -0.2) is 9.90 Å². The van der Waals surface area contributed by atoms with Crippen molar-refractivity contribution in [2.75, 3.05) is 0 Å². The lowest BCUT2D eigenvalue weighted by Crippen LogP contribution is -1.92. The van der Waals surface area contributed by atoms with Crippen molar-refractivity contribution in [3.8, 4) is 0 Å². The minimum Gasteiger partial charge on any atom is -0.247 e. The molecule has 0 spiro atoms. The second kappa shape index (κ2) is 6.20. The summed E-state index contributed by atoms with van der Waals surface area (Å²) >= 11 is 0. The Balaban J connectivity index is 2.97. The van der Waals surface area contributed by atoms with E-state index in [2.05, 4.69) is 13.8 Å². The van der Waals surface area contributed by atoms with E-state index >= 15 is 0 Å². The normalized spacial score (nSPS) is 10.5. The summed E-state index contributed by atoms with van der Waals surface area (Å²) in [5, 5.41) is 9.99. The summed E-state index contributed by atoms with van der Waals surface area (Å²) in [6.07, 6.45) is 4.36. The van der Waals surface area contributed by atoms with E-state index < -0.39 is 5.97 Å². The lowest BCUT2D eigenvalue weighted by molar-refractivity contribution is -0.143. The molecular weight excluding hydrogens is 140 g/mol. The standard InChI is InChI=1S/C9H17O2/c1-8(2)6-4-3-5-7-9(10)11/h8H,3-7H2,1-2H3. The largest absolute Gasteiger partial charge is 0.355 e. The lowest BCUT2D eigenvalue weighted by Gasteiger charge is -2.01. The van der Waals surface area contributed by atoms with Crippen LogP contribution in [-0.2, 0) is 9.90 Å². The molecule has 0 aromatic rings. The van der Waals surface area contributed by atoms with Gasteiger partial charge < -0.3 is 0 Å². The molecule has 0 saturated carbocycles. The van der Waals surface area contributed by atoms with Crippen LogP contribution >= 0.6 is 0 Å². The van der Waals surface area contributed by atoms with Gasteiger partial charge in [0.1, 0.15) is 0 Å². The third-order valence-electron chi connectivity index (χ3n) is 1.66. The summed E-state index contributed by atoms with van der Waals surface area (Å²) in [4.78, 5) is 9.99. The fraction of sp³-hybridized carbons (Fsp3) is 0.889. The molecule has 0 saturated heterocycles. The van der Waals surface area contributed by atoms with Gasteiger partial charge in [0.2, 0.25) is 0 Å². The molecule has 0 bridgehead atoms. The van der Waals surface area contributed by atoms with Gasteiger partial charge in [0.05, 0.1) is 6.42 Å². The van der Waals surface area contributed by atoms with Crippen LogP contribution in [0.4, 0.5) is 0 Å². The van der Waals surface area contributed by atoms with Crippen molar-refractivity contribution in [3.05, 3.63) is 0 Å². The SMILES string of the molecule is CC(C)CCCCCC([O])=O. The van der Waals surface area contributed by atoms with Gasteiger partial charge in [-0.2, -0.15) is 0 Å². The molecule has 0 aliphatic heterocycles. The van der Waals surface area contributed by atoms with E-state index in [0.29, 0.717) is 0 Å². The van der Waals surface area contributed by atoms with Crippen molar-refractivity contribution >= 4 is 5.97 Å². The Bertz CT molecular complexity index is 108. The molecule has 0 heterocycles. The topological polar surface area (TPSA) is 37.0 Å². The van der Waals surface area contributed by atoms with Crippen LogP contribution in [-0.4, -0.2) is 5.97 Å². The number of carbonyl (C=O) groups is 1. The Kier molecular flexibility index (Phi) is 5.90. The van der Waals surface area contributed by atoms with Crippen molar-refractivity contribution in [1.29, 1.82) is 0 Å². The molecule has 65 valence electrons. The quantitative estimate of drug-likeness (QED) is 0.546. The molecule has 0 amide bonds. The van der Waals surface area contributed by atoms with Crippen molar-refractivity contribution < 1.29 is 9.90 Å². The second-order valence-electron chi connectivity index (χ2n) is 3.37. The minimum atomic E-state index is -0.922. The van der Waals surface area contributed by atoms with Gasteiger partial charge in [-0.3, -0.25) is 0 Å². The Hall–Kier alpha value is -0.530. The van der Waals surface area contributed by atoms with E-state index in [9.17, 15) is 9.90 Å². The first-order chi connectivity index (χ1) is 5.13. The minimum absolute atomic E-state index is 0.220. The number of hydrogen-bond acceptors (Lipinski definition) is 1. The molecule has 2 nitrogen and oxygen atoms in total. The highest BCUT2D eigenvalue weighted by Gasteiger charge is 1.99. The van der Waals surface area contributed by atoms with Gasteiger partial charge in [0, 0.05) is 0 Å². The number of carbonyl (C=O) groups excluding carboxylic acids is 1. The van der Waals surface area contributed by atoms with Crippen molar-refractivity contribution in [2.45, 2.75) is 46.0 Å². The Morgan fingerprint density at radius 1 is 1.18 bits per heavy atom. The molecule has 1 radical (unpaired) electrons. The maximum Gasteiger partial charge on any atom is 0.355 e. The van der Waals surface area contributed by atoms with Crippen LogP contribution < -0.4 is 0 Å². The lowest BCUT2D eigenvalue weighted by atomic mass is 10.0. The van der Waals surface area contributed by atoms with E-state index in [1.54, 1.807) is 0 Å². The fourth-order valence-electron chi connectivity index (χ4n) is 0.999. The Morgan fingerprint density at radius 3 is 2.27 bits per heavy atom. The van der Waals surface area contributed by atoms with Gasteiger partial charge >= 0.3 is 5.97 Å². The summed E-state index contributed by atoms with van der Waals surface area (Å²) in [6.45, 7) is 4.36. The van der Waals surface area contributed by atoms with Crippen LogP contribution in [0.5, 0.6) is 0 Å². The molecule has 0 aliphatic carbocycles. The van der Waals surface area contributed by atoms with Crippen molar-refractivity contribution in [2.24, 2.45) is 5.92 Å². The summed E-state index contributed by atoms with van der Waals surface area (Å²) in [5.41, 5.74) is 0. The van der Waals surface area contributed by atoms with E-state index in [-0.39, 0.29) is 6.42 Å². The first-order valence-corrected chi connectivity index (χ1v) is 4.32. The van der Waals surface area contributed by atoms with Crippen molar-refractivity contribution in [3.63, 3.8) is 0 Å². The first-order valence-electron chi connectivity index (χ1n) is 4.32. The zero-order valence-electron chi connectivity index (χ0n) is 7.43. The molecule has 2 heteroatoms. The summed E-state index contributed by atoms with van der Waals surface area (Å²) in [7, 11) is 0. The molecule has 0 aliphatic rings. The summed E-state index contributed by atoms with van der Waals surface area (Å²) in [6, 6.07) is 0. The third-order valence-corrected chi connectivity index (χ3v) is 1.66. The monoisotopic (exact) mass is 157 g/mol. The highest BCUT2D eigenvalue weighted by Crippen LogP contribution is 2.09. The predicted molar refractivity (Wildman–Crippen MR) is 43.6 cm³/mol. The number of rotatable bonds is 6. The van der Waals surface area contributed by atoms with Gasteiger partial charge in [-0.1, -0.05) is 33.1 Å². The van der Waals surface area contributed by atoms with E-state index in [1.807, 2.05) is 0 Å². The molecule has 0 fully saturated rings. The average Bonchev–Trinajstić information content (AvgIpc) is 1.85. The highest BCUT2D eigenvalue weighted by atomic mass is 16.4. The molecule has 11 heavy (non-hydrogen) atoms. The number of hydrogen-bond donors (Lipinski definition) is 0. The maximum atomic E-state index is 9.99. The zero-order chi connectivity index (χ0) is 8.69. The fourth-order valence-corrected chi connectivity index (χ4v) is 0.999. The Labute approximate surface area is 68.6 Å². The van der Waals surface area contributed by atoms with Crippen LogP contribution in [0.15, 0.2) is 0 Å². The van der Waals surface area contributed by atoms with Gasteiger partial charge in [0.15, 0.2) is 0 Å². The van der Waals surface area contributed by atoms with E-state index in [4.69, 9.17) is 0 Å². The van der Waals surface area contributed by atoms with Crippen LogP contribution in [0.25, 0.3) is 0 Å². The predicted octanol–water partition coefficient (Wildman–Crippen LogP) is 2.55. The van der Waals surface area contributed by atoms with Gasteiger partial charge in [-0.15, -0.1) is 0 Å². The highest BCUT2D eigenvalue weighted by molar-refractivity contribution is 5.66. The Morgan fingerprint density at radius 2 is 1.82 bits per heavy atom. The second-order valence-corrected chi connectivity index (χ2v) is 3.37. The summed E-state index contributed by atoms with van der Waals surface area (Å²) in [5.74, 6) is -0.187. The van der Waals surface area contributed by atoms with Crippen LogP contribution in [0.2, 0.25) is 0 Å². The molecular formula is C9H17O2. The third kappa shape index (κ3) is 9.47. The average molecular weight is 157 g/mol. The molecule has 0 rings (SSSR count). The van der Waals surface area contributed by atoms with Crippen molar-refractivity contribution in [1.82, 2.24) is 0 Å². The molecule has 0 atom stereocenters. The molecule has 0 aromatic heterocycles. The van der Waals surface area contributed by atoms with Crippen LogP contribution in [0, 0.1) is 5.92 Å². The molecule has 0 unspecified atom stereocenters.